The summed E-state index contributed by atoms with van der Waals surface area (Å²) < 4.78 is 1.23. The van der Waals surface area contributed by atoms with Gasteiger partial charge in [-0.3, -0.25) is 0 Å². The van der Waals surface area contributed by atoms with Crippen molar-refractivity contribution in [3.05, 3.63) is 146 Å². The standard InChI is InChI=1S/C37H24N2S/c1-3-13-26(14-4-1)37-38-35-32-20-11-21-33(34(32)30-18-9-10-19-31(30)36(35)40-37)39(28-16-5-2-6-17-28)29-23-22-25-12-7-8-15-27(25)24-29/h1-24H. The van der Waals surface area contributed by atoms with Crippen LogP contribution < -0.4 is 4.90 Å². The molecule has 0 aliphatic carbocycles. The predicted molar refractivity (Wildman–Crippen MR) is 172 cm³/mol. The van der Waals surface area contributed by atoms with E-state index in [1.54, 1.807) is 11.3 Å². The zero-order valence-electron chi connectivity index (χ0n) is 21.7. The smallest absolute Gasteiger partial charge is 0.124 e. The Morgan fingerprint density at radius 2 is 1.18 bits per heavy atom. The summed E-state index contributed by atoms with van der Waals surface area (Å²) in [6.07, 6.45) is 0. The Balaban J connectivity index is 1.47. The summed E-state index contributed by atoms with van der Waals surface area (Å²) in [6.45, 7) is 0. The van der Waals surface area contributed by atoms with E-state index in [1.807, 2.05) is 0 Å². The number of hydrogen-bond donors (Lipinski definition) is 0. The Morgan fingerprint density at radius 1 is 0.500 bits per heavy atom. The van der Waals surface area contributed by atoms with Gasteiger partial charge in [-0.2, -0.15) is 0 Å². The largest absolute Gasteiger partial charge is 0.310 e. The van der Waals surface area contributed by atoms with Crippen LogP contribution in [0.2, 0.25) is 0 Å². The van der Waals surface area contributed by atoms with Crippen LogP contribution in [-0.4, -0.2) is 4.98 Å². The second kappa shape index (κ2) is 9.33. The fraction of sp³-hybridized carbons (Fsp3) is 0. The first-order chi connectivity index (χ1) is 19.8. The van der Waals surface area contributed by atoms with Crippen molar-refractivity contribution in [1.29, 1.82) is 0 Å². The lowest BCUT2D eigenvalue weighted by atomic mass is 9.98. The molecule has 1 heterocycles. The van der Waals surface area contributed by atoms with Crippen LogP contribution in [0.25, 0.3) is 53.1 Å². The van der Waals surface area contributed by atoms with Gasteiger partial charge in [-0.1, -0.05) is 115 Å². The van der Waals surface area contributed by atoms with E-state index in [0.717, 1.165) is 33.1 Å². The monoisotopic (exact) mass is 528 g/mol. The molecule has 3 heteroatoms. The van der Waals surface area contributed by atoms with Crippen LogP contribution in [0.1, 0.15) is 0 Å². The first kappa shape index (κ1) is 22.9. The minimum atomic E-state index is 1.05. The normalized spacial score (nSPS) is 11.5. The number of hydrogen-bond acceptors (Lipinski definition) is 3. The lowest BCUT2D eigenvalue weighted by Crippen LogP contribution is -2.10. The molecule has 40 heavy (non-hydrogen) atoms. The Morgan fingerprint density at radius 3 is 2.00 bits per heavy atom. The summed E-state index contributed by atoms with van der Waals surface area (Å²) in [7, 11) is 0. The van der Waals surface area contributed by atoms with E-state index in [1.165, 1.54) is 37.0 Å². The van der Waals surface area contributed by atoms with Crippen LogP contribution in [0.3, 0.4) is 0 Å². The molecule has 0 spiro atoms. The third-order valence-corrected chi connectivity index (χ3v) is 8.77. The number of rotatable bonds is 4. The molecule has 1 aromatic heterocycles. The fourth-order valence-corrected chi connectivity index (χ4v) is 6.94. The molecular weight excluding hydrogens is 504 g/mol. The van der Waals surface area contributed by atoms with Crippen molar-refractivity contribution in [3.63, 3.8) is 0 Å². The molecule has 0 saturated carbocycles. The molecule has 0 amide bonds. The molecule has 0 saturated heterocycles. The van der Waals surface area contributed by atoms with Crippen molar-refractivity contribution < 1.29 is 0 Å². The van der Waals surface area contributed by atoms with E-state index in [2.05, 4.69) is 150 Å². The van der Waals surface area contributed by atoms with Crippen molar-refractivity contribution in [2.45, 2.75) is 0 Å². The van der Waals surface area contributed by atoms with Crippen LogP contribution in [0.15, 0.2) is 146 Å². The van der Waals surface area contributed by atoms with E-state index in [-0.39, 0.29) is 0 Å². The first-order valence-electron chi connectivity index (χ1n) is 13.5. The summed E-state index contributed by atoms with van der Waals surface area (Å²) in [5.41, 5.74) is 5.61. The maximum absolute atomic E-state index is 5.25. The SMILES string of the molecule is c1ccc(-c2nc3c4cccc(N(c5ccccc5)c5ccc6ccccc6c5)c4c4ccccc4c3s2)cc1. The van der Waals surface area contributed by atoms with Gasteiger partial charge in [0, 0.05) is 33.1 Å². The average Bonchev–Trinajstić information content (AvgIpc) is 3.49. The van der Waals surface area contributed by atoms with Gasteiger partial charge in [0.15, 0.2) is 0 Å². The summed E-state index contributed by atoms with van der Waals surface area (Å²) in [6, 6.07) is 51.9. The highest BCUT2D eigenvalue weighted by Crippen LogP contribution is 2.46. The van der Waals surface area contributed by atoms with Crippen LogP contribution >= 0.6 is 11.3 Å². The molecule has 0 N–H and O–H groups in total. The van der Waals surface area contributed by atoms with Crippen LogP contribution in [0.4, 0.5) is 17.1 Å². The highest BCUT2D eigenvalue weighted by atomic mass is 32.1. The van der Waals surface area contributed by atoms with Gasteiger partial charge < -0.3 is 4.90 Å². The van der Waals surface area contributed by atoms with E-state index in [4.69, 9.17) is 4.98 Å². The van der Waals surface area contributed by atoms with Gasteiger partial charge in [-0.15, -0.1) is 11.3 Å². The summed E-state index contributed by atoms with van der Waals surface area (Å²) in [5.74, 6) is 0. The molecule has 8 rings (SSSR count). The van der Waals surface area contributed by atoms with E-state index >= 15 is 0 Å². The summed E-state index contributed by atoms with van der Waals surface area (Å²) >= 11 is 1.78. The number of nitrogens with zero attached hydrogens (tertiary/aromatic N) is 2. The van der Waals surface area contributed by atoms with E-state index in [0.29, 0.717) is 0 Å². The van der Waals surface area contributed by atoms with E-state index in [9.17, 15) is 0 Å². The minimum Gasteiger partial charge on any atom is -0.310 e. The van der Waals surface area contributed by atoms with E-state index < -0.39 is 0 Å². The van der Waals surface area contributed by atoms with Gasteiger partial charge in [0.05, 0.1) is 15.9 Å². The van der Waals surface area contributed by atoms with Crippen molar-refractivity contribution in [1.82, 2.24) is 4.98 Å². The van der Waals surface area contributed by atoms with Crippen LogP contribution in [0, 0.1) is 0 Å². The van der Waals surface area contributed by atoms with Crippen LogP contribution in [-0.2, 0) is 0 Å². The molecule has 2 nitrogen and oxygen atoms in total. The van der Waals surface area contributed by atoms with Gasteiger partial charge in [-0.05, 0) is 46.5 Å². The number of para-hydroxylation sites is 1. The molecule has 188 valence electrons. The Hall–Kier alpha value is -4.99. The lowest BCUT2D eigenvalue weighted by molar-refractivity contribution is 1.30. The molecule has 8 aromatic rings. The van der Waals surface area contributed by atoms with Crippen molar-refractivity contribution >= 4 is 70.9 Å². The number of fused-ring (bicyclic) bond motifs is 7. The maximum atomic E-state index is 5.25. The number of benzene rings is 7. The van der Waals surface area contributed by atoms with Gasteiger partial charge in [0.1, 0.15) is 5.01 Å². The van der Waals surface area contributed by atoms with Crippen molar-refractivity contribution in [2.24, 2.45) is 0 Å². The van der Waals surface area contributed by atoms with Gasteiger partial charge in [0.25, 0.3) is 0 Å². The topological polar surface area (TPSA) is 16.1 Å². The molecule has 0 aliphatic heterocycles. The number of aromatic nitrogens is 1. The van der Waals surface area contributed by atoms with Gasteiger partial charge in [-0.25, -0.2) is 4.98 Å². The number of anilines is 3. The third kappa shape index (κ3) is 3.67. The molecule has 0 aliphatic rings. The highest BCUT2D eigenvalue weighted by Gasteiger charge is 2.21. The molecule has 0 unspecified atom stereocenters. The fourth-order valence-electron chi connectivity index (χ4n) is 5.82. The maximum Gasteiger partial charge on any atom is 0.124 e. The molecule has 0 bridgehead atoms. The lowest BCUT2D eigenvalue weighted by Gasteiger charge is -2.27. The Kier molecular flexibility index (Phi) is 5.35. The molecular formula is C37H24N2S. The first-order valence-corrected chi connectivity index (χ1v) is 14.3. The van der Waals surface area contributed by atoms with Gasteiger partial charge >= 0.3 is 0 Å². The van der Waals surface area contributed by atoms with Crippen molar-refractivity contribution in [3.8, 4) is 10.6 Å². The molecule has 0 fully saturated rings. The zero-order chi connectivity index (χ0) is 26.5. The predicted octanol–water partition coefficient (Wildman–Crippen LogP) is 10.9. The Labute approximate surface area is 236 Å². The number of thiazole rings is 1. The van der Waals surface area contributed by atoms with Gasteiger partial charge in [0.2, 0.25) is 0 Å². The van der Waals surface area contributed by atoms with Crippen LogP contribution in [0.5, 0.6) is 0 Å². The highest BCUT2D eigenvalue weighted by molar-refractivity contribution is 7.22. The quantitative estimate of drug-likeness (QED) is 0.211. The minimum absolute atomic E-state index is 1.05. The van der Waals surface area contributed by atoms with Crippen molar-refractivity contribution in [2.75, 3.05) is 4.90 Å². The Bertz CT molecular complexity index is 2160. The zero-order valence-corrected chi connectivity index (χ0v) is 22.5. The second-order valence-electron chi connectivity index (χ2n) is 10.0. The third-order valence-electron chi connectivity index (χ3n) is 7.63. The average molecular weight is 529 g/mol. The molecule has 0 atom stereocenters. The molecule has 0 radical (unpaired) electrons. The summed E-state index contributed by atoms with van der Waals surface area (Å²) in [4.78, 5) is 7.63. The molecule has 7 aromatic carbocycles. The summed E-state index contributed by atoms with van der Waals surface area (Å²) in [5, 5.41) is 8.38. The second-order valence-corrected chi connectivity index (χ2v) is 11.0.